The van der Waals surface area contributed by atoms with Gasteiger partial charge in [0.15, 0.2) is 11.5 Å². The molecule has 2 aromatic rings. The van der Waals surface area contributed by atoms with Crippen LogP contribution in [0.3, 0.4) is 0 Å². The van der Waals surface area contributed by atoms with Crippen molar-refractivity contribution in [2.45, 2.75) is 38.3 Å². The van der Waals surface area contributed by atoms with E-state index in [1.54, 1.807) is 19.2 Å². The number of ether oxygens (including phenoxy) is 3. The van der Waals surface area contributed by atoms with Gasteiger partial charge >= 0.3 is 0 Å². The largest absolute Gasteiger partial charge is 0.508 e. The van der Waals surface area contributed by atoms with Crippen molar-refractivity contribution >= 4 is 5.91 Å². The van der Waals surface area contributed by atoms with Gasteiger partial charge in [-0.1, -0.05) is 24.3 Å². The van der Waals surface area contributed by atoms with Gasteiger partial charge in [-0.2, -0.15) is 0 Å². The van der Waals surface area contributed by atoms with Crippen LogP contribution in [0.2, 0.25) is 0 Å². The number of methoxy groups -OCH3 is 1. The van der Waals surface area contributed by atoms with Gasteiger partial charge in [0.2, 0.25) is 5.91 Å². The molecule has 1 aliphatic heterocycles. The van der Waals surface area contributed by atoms with Crippen molar-refractivity contribution in [1.82, 2.24) is 5.32 Å². The van der Waals surface area contributed by atoms with Crippen LogP contribution >= 0.6 is 0 Å². The second-order valence-electron chi connectivity index (χ2n) is 6.84. The number of rotatable bonds is 9. The van der Waals surface area contributed by atoms with Crippen molar-refractivity contribution in [2.75, 3.05) is 20.3 Å². The van der Waals surface area contributed by atoms with E-state index in [2.05, 4.69) is 5.32 Å². The van der Waals surface area contributed by atoms with E-state index in [1.165, 1.54) is 0 Å². The fraction of sp³-hybridized carbons (Fsp3) is 0.409. The number of aryl methyl sites for hydroxylation is 1. The van der Waals surface area contributed by atoms with Crippen LogP contribution in [-0.4, -0.2) is 37.4 Å². The maximum Gasteiger partial charge on any atom is 0.220 e. The van der Waals surface area contributed by atoms with E-state index in [0.717, 1.165) is 30.6 Å². The Balaban J connectivity index is 1.48. The Kier molecular flexibility index (Phi) is 7.14. The number of aromatic hydroxyl groups is 1. The summed E-state index contributed by atoms with van der Waals surface area (Å²) >= 11 is 0. The molecule has 0 aromatic heterocycles. The molecule has 0 saturated carbocycles. The predicted molar refractivity (Wildman–Crippen MR) is 106 cm³/mol. The number of carbonyl (C=O) groups excluding carboxylic acids is 1. The van der Waals surface area contributed by atoms with E-state index >= 15 is 0 Å². The van der Waals surface area contributed by atoms with Crippen molar-refractivity contribution in [1.29, 1.82) is 0 Å². The molecule has 0 radical (unpaired) electrons. The number of carbonyl (C=O) groups is 1. The molecule has 1 heterocycles. The van der Waals surface area contributed by atoms with Gasteiger partial charge in [0.05, 0.1) is 13.2 Å². The molecule has 2 N–H and O–H groups in total. The molecule has 1 fully saturated rings. The average molecular weight is 385 g/mol. The van der Waals surface area contributed by atoms with Gasteiger partial charge in [-0.05, 0) is 48.6 Å². The fourth-order valence-electron chi connectivity index (χ4n) is 3.16. The summed E-state index contributed by atoms with van der Waals surface area (Å²) in [4.78, 5) is 12.1. The van der Waals surface area contributed by atoms with Crippen molar-refractivity contribution in [3.63, 3.8) is 0 Å². The predicted octanol–water partition coefficient (Wildman–Crippen LogP) is 3.21. The van der Waals surface area contributed by atoms with Gasteiger partial charge in [-0.3, -0.25) is 4.79 Å². The van der Waals surface area contributed by atoms with Crippen LogP contribution in [0.15, 0.2) is 42.5 Å². The maximum absolute atomic E-state index is 12.1. The summed E-state index contributed by atoms with van der Waals surface area (Å²) in [6.45, 7) is 1.72. The molecule has 3 rings (SSSR count). The lowest BCUT2D eigenvalue weighted by Gasteiger charge is -2.15. The summed E-state index contributed by atoms with van der Waals surface area (Å²) in [5, 5.41) is 12.7. The molecule has 1 saturated heterocycles. The number of phenols is 1. The zero-order valence-electron chi connectivity index (χ0n) is 16.1. The summed E-state index contributed by atoms with van der Waals surface area (Å²) in [6.07, 6.45) is 3.06. The number of amides is 1. The van der Waals surface area contributed by atoms with Crippen LogP contribution in [0.1, 0.15) is 30.4 Å². The molecule has 2 aromatic carbocycles. The highest BCUT2D eigenvalue weighted by Crippen LogP contribution is 2.29. The van der Waals surface area contributed by atoms with Gasteiger partial charge in [-0.25, -0.2) is 0 Å². The number of phenolic OH excluding ortho intramolecular Hbond substituents is 1. The molecule has 150 valence electrons. The molecule has 1 amide bonds. The second kappa shape index (κ2) is 9.99. The Morgan fingerprint density at radius 3 is 2.86 bits per heavy atom. The summed E-state index contributed by atoms with van der Waals surface area (Å²) in [7, 11) is 1.60. The zero-order chi connectivity index (χ0) is 19.8. The molecule has 0 aliphatic carbocycles. The first-order valence-corrected chi connectivity index (χ1v) is 9.60. The van der Waals surface area contributed by atoms with Crippen molar-refractivity contribution in [2.24, 2.45) is 0 Å². The van der Waals surface area contributed by atoms with E-state index in [-0.39, 0.29) is 17.8 Å². The summed E-state index contributed by atoms with van der Waals surface area (Å²) in [6, 6.07) is 12.7. The molecule has 0 bridgehead atoms. The van der Waals surface area contributed by atoms with E-state index in [1.807, 2.05) is 30.3 Å². The van der Waals surface area contributed by atoms with Crippen LogP contribution in [0, 0.1) is 0 Å². The standard InChI is InChI=1S/C22H27NO5/c1-26-21-13-16(8-10-20(21)28-15-18-6-4-12-27-18)14-23-22(25)11-9-17-5-2-3-7-19(17)24/h2-3,5,7-8,10,13,18,24H,4,6,9,11-12,14-15H2,1H3,(H,23,25). The Labute approximate surface area is 165 Å². The second-order valence-corrected chi connectivity index (χ2v) is 6.84. The smallest absolute Gasteiger partial charge is 0.220 e. The Morgan fingerprint density at radius 1 is 1.25 bits per heavy atom. The van der Waals surface area contributed by atoms with Gasteiger partial charge < -0.3 is 24.6 Å². The highest BCUT2D eigenvalue weighted by molar-refractivity contribution is 5.76. The molecule has 28 heavy (non-hydrogen) atoms. The molecule has 1 atom stereocenters. The quantitative estimate of drug-likeness (QED) is 0.693. The summed E-state index contributed by atoms with van der Waals surface area (Å²) in [5.74, 6) is 1.46. The van der Waals surface area contributed by atoms with Crippen LogP contribution in [0.4, 0.5) is 0 Å². The van der Waals surface area contributed by atoms with E-state index in [4.69, 9.17) is 14.2 Å². The Bertz CT molecular complexity index is 786. The lowest BCUT2D eigenvalue weighted by atomic mass is 10.1. The first-order chi connectivity index (χ1) is 13.7. The molecular weight excluding hydrogens is 358 g/mol. The van der Waals surface area contributed by atoms with Crippen molar-refractivity contribution < 1.29 is 24.1 Å². The normalized spacial score (nSPS) is 16.0. The Hall–Kier alpha value is -2.73. The topological polar surface area (TPSA) is 77.0 Å². The van der Waals surface area contributed by atoms with E-state index in [0.29, 0.717) is 37.5 Å². The fourth-order valence-corrected chi connectivity index (χ4v) is 3.16. The van der Waals surface area contributed by atoms with E-state index in [9.17, 15) is 9.90 Å². The SMILES string of the molecule is COc1cc(CNC(=O)CCc2ccccc2O)ccc1OCC1CCCO1. The zero-order valence-corrected chi connectivity index (χ0v) is 16.1. The molecular formula is C22H27NO5. The van der Waals surface area contributed by atoms with Gasteiger partial charge in [-0.15, -0.1) is 0 Å². The lowest BCUT2D eigenvalue weighted by Crippen LogP contribution is -2.23. The van der Waals surface area contributed by atoms with Gasteiger partial charge in [0.25, 0.3) is 0 Å². The monoisotopic (exact) mass is 385 g/mol. The number of hydrogen-bond acceptors (Lipinski definition) is 5. The van der Waals surface area contributed by atoms with Crippen LogP contribution in [-0.2, 0) is 22.5 Å². The molecule has 6 heteroatoms. The summed E-state index contributed by atoms with van der Waals surface area (Å²) < 4.78 is 16.8. The van der Waals surface area contributed by atoms with Crippen LogP contribution in [0.5, 0.6) is 17.2 Å². The van der Waals surface area contributed by atoms with Gasteiger partial charge in [0.1, 0.15) is 12.4 Å². The third-order valence-electron chi connectivity index (χ3n) is 4.78. The lowest BCUT2D eigenvalue weighted by molar-refractivity contribution is -0.121. The molecule has 6 nitrogen and oxygen atoms in total. The summed E-state index contributed by atoms with van der Waals surface area (Å²) in [5.41, 5.74) is 1.70. The molecule has 0 spiro atoms. The Morgan fingerprint density at radius 2 is 2.11 bits per heavy atom. The number of benzene rings is 2. The molecule has 1 aliphatic rings. The maximum atomic E-state index is 12.1. The van der Waals surface area contributed by atoms with Crippen LogP contribution in [0.25, 0.3) is 0 Å². The molecule has 1 unspecified atom stereocenters. The minimum atomic E-state index is -0.0686. The highest BCUT2D eigenvalue weighted by Gasteiger charge is 2.17. The third-order valence-corrected chi connectivity index (χ3v) is 4.78. The first-order valence-electron chi connectivity index (χ1n) is 9.60. The van der Waals surface area contributed by atoms with E-state index < -0.39 is 0 Å². The number of para-hydroxylation sites is 1. The number of hydrogen-bond donors (Lipinski definition) is 2. The van der Waals surface area contributed by atoms with Crippen molar-refractivity contribution in [3.05, 3.63) is 53.6 Å². The number of nitrogens with one attached hydrogen (secondary N) is 1. The minimum Gasteiger partial charge on any atom is -0.508 e. The van der Waals surface area contributed by atoms with Gasteiger partial charge in [0, 0.05) is 19.6 Å². The van der Waals surface area contributed by atoms with Crippen molar-refractivity contribution in [3.8, 4) is 17.2 Å². The minimum absolute atomic E-state index is 0.0686. The third kappa shape index (κ3) is 5.63. The highest BCUT2D eigenvalue weighted by atomic mass is 16.5. The average Bonchev–Trinajstić information content (AvgIpc) is 3.24. The van der Waals surface area contributed by atoms with Crippen LogP contribution < -0.4 is 14.8 Å². The first kappa shape index (κ1) is 20.0.